The van der Waals surface area contributed by atoms with Gasteiger partial charge < -0.3 is 4.74 Å². The Morgan fingerprint density at radius 3 is 2.94 bits per heavy atom. The molecule has 3 amide bonds. The van der Waals surface area contributed by atoms with E-state index in [1.54, 1.807) is 15.6 Å². The summed E-state index contributed by atoms with van der Waals surface area (Å²) >= 11 is 0. The highest BCUT2D eigenvalue weighted by Gasteiger charge is 2.28. The molecule has 3 fully saturated rings. The number of ether oxygens (including phenoxy) is 1. The topological polar surface area (TPSA) is 82.4 Å². The van der Waals surface area contributed by atoms with Gasteiger partial charge in [0.25, 0.3) is 0 Å². The normalized spacial score (nSPS) is 26.0. The van der Waals surface area contributed by atoms with Crippen LogP contribution in [0.5, 0.6) is 0 Å². The van der Waals surface area contributed by atoms with Gasteiger partial charge in [-0.3, -0.25) is 24.8 Å². The van der Waals surface area contributed by atoms with Gasteiger partial charge in [0, 0.05) is 64.5 Å². The molecule has 1 unspecified atom stereocenters. The average Bonchev–Trinajstić information content (AvgIpc) is 3.40. The third-order valence-corrected chi connectivity index (χ3v) is 6.68. The fourth-order valence-electron chi connectivity index (χ4n) is 4.91. The highest BCUT2D eigenvalue weighted by Crippen LogP contribution is 2.25. The number of urea groups is 1. The van der Waals surface area contributed by atoms with Gasteiger partial charge in [-0.2, -0.15) is 5.10 Å². The molecule has 3 aliphatic rings. The third kappa shape index (κ3) is 4.30. The van der Waals surface area contributed by atoms with Gasteiger partial charge in [-0.15, -0.1) is 0 Å². The number of pyridine rings is 1. The van der Waals surface area contributed by atoms with Crippen LogP contribution in [0.25, 0.3) is 5.52 Å². The largest absolute Gasteiger partial charge is 0.381 e. The van der Waals surface area contributed by atoms with E-state index >= 15 is 0 Å². The van der Waals surface area contributed by atoms with Crippen molar-refractivity contribution in [1.82, 2.24) is 24.7 Å². The van der Waals surface area contributed by atoms with Gasteiger partial charge in [-0.1, -0.05) is 0 Å². The Balaban J connectivity index is 1.26. The standard InChI is InChI=1S/C22H30N6O3/c1-16-12-25(7-8-26(16)14-18-4-9-31-15-18)13-17-2-6-28-19(10-17)20(11-23-28)27-5-3-21(29)24-22(27)30/h2,6,10-11,16,18H,3-5,7-9,12-15H2,1H3,(H,24,29,30)/t16-,18?/m0/s1. The van der Waals surface area contributed by atoms with E-state index in [4.69, 9.17) is 4.74 Å². The molecule has 0 aromatic carbocycles. The molecule has 2 atom stereocenters. The number of imide groups is 1. The summed E-state index contributed by atoms with van der Waals surface area (Å²) in [7, 11) is 0. The highest BCUT2D eigenvalue weighted by atomic mass is 16.5. The summed E-state index contributed by atoms with van der Waals surface area (Å²) in [6.07, 6.45) is 5.13. The Hall–Kier alpha value is -2.49. The van der Waals surface area contributed by atoms with E-state index in [9.17, 15) is 9.59 Å². The summed E-state index contributed by atoms with van der Waals surface area (Å²) in [6.45, 7) is 9.69. The summed E-state index contributed by atoms with van der Waals surface area (Å²) in [5.41, 5.74) is 2.83. The van der Waals surface area contributed by atoms with Crippen LogP contribution in [-0.4, -0.2) is 83.3 Å². The molecule has 0 bridgehead atoms. The maximum atomic E-state index is 12.3. The van der Waals surface area contributed by atoms with Crippen LogP contribution in [0, 0.1) is 5.92 Å². The molecule has 0 saturated carbocycles. The maximum Gasteiger partial charge on any atom is 0.328 e. The van der Waals surface area contributed by atoms with Crippen molar-refractivity contribution in [3.8, 4) is 0 Å². The molecule has 166 valence electrons. The van der Waals surface area contributed by atoms with Gasteiger partial charge in [0.2, 0.25) is 5.91 Å². The second-order valence-electron chi connectivity index (χ2n) is 8.96. The van der Waals surface area contributed by atoms with Crippen molar-refractivity contribution in [1.29, 1.82) is 0 Å². The van der Waals surface area contributed by atoms with Gasteiger partial charge in [0.15, 0.2) is 0 Å². The Morgan fingerprint density at radius 1 is 1.26 bits per heavy atom. The van der Waals surface area contributed by atoms with Crippen LogP contribution in [0.1, 0.15) is 25.3 Å². The number of amides is 3. The third-order valence-electron chi connectivity index (χ3n) is 6.68. The van der Waals surface area contributed by atoms with Crippen LogP contribution in [0.15, 0.2) is 24.5 Å². The van der Waals surface area contributed by atoms with Crippen molar-refractivity contribution in [2.75, 3.05) is 50.8 Å². The fraction of sp³-hybridized carbons (Fsp3) is 0.591. The van der Waals surface area contributed by atoms with Crippen LogP contribution < -0.4 is 10.2 Å². The van der Waals surface area contributed by atoms with Crippen LogP contribution in [-0.2, 0) is 16.1 Å². The first-order valence-electron chi connectivity index (χ1n) is 11.2. The number of nitrogens with one attached hydrogen (secondary N) is 1. The predicted molar refractivity (Wildman–Crippen MR) is 116 cm³/mol. The zero-order valence-corrected chi connectivity index (χ0v) is 18.0. The Kier molecular flexibility index (Phi) is 5.64. The van der Waals surface area contributed by atoms with Crippen LogP contribution in [0.4, 0.5) is 10.5 Å². The molecule has 2 aromatic heterocycles. The molecule has 1 N–H and O–H groups in total. The lowest BCUT2D eigenvalue weighted by Crippen LogP contribution is -2.52. The van der Waals surface area contributed by atoms with Crippen molar-refractivity contribution >= 4 is 23.1 Å². The predicted octanol–water partition coefficient (Wildman–Crippen LogP) is 1.32. The number of carbonyl (C=O) groups is 2. The lowest BCUT2D eigenvalue weighted by atomic mass is 10.1. The van der Waals surface area contributed by atoms with Crippen molar-refractivity contribution in [3.05, 3.63) is 30.1 Å². The molecule has 2 aromatic rings. The Bertz CT molecular complexity index is 969. The number of hydrogen-bond donors (Lipinski definition) is 1. The van der Waals surface area contributed by atoms with Gasteiger partial charge in [0.05, 0.1) is 24.0 Å². The second kappa shape index (κ2) is 8.57. The fourth-order valence-corrected chi connectivity index (χ4v) is 4.91. The van der Waals surface area contributed by atoms with Gasteiger partial charge in [0.1, 0.15) is 0 Å². The van der Waals surface area contributed by atoms with Crippen molar-refractivity contribution < 1.29 is 14.3 Å². The summed E-state index contributed by atoms with van der Waals surface area (Å²) in [4.78, 5) is 30.5. The van der Waals surface area contributed by atoms with E-state index in [1.807, 2.05) is 6.20 Å². The number of anilines is 1. The number of hydrogen-bond acceptors (Lipinski definition) is 6. The molecular formula is C22H30N6O3. The van der Waals surface area contributed by atoms with E-state index in [-0.39, 0.29) is 11.9 Å². The van der Waals surface area contributed by atoms with E-state index < -0.39 is 0 Å². The number of nitrogens with zero attached hydrogens (tertiary/aromatic N) is 5. The van der Waals surface area contributed by atoms with E-state index in [2.05, 4.69) is 39.3 Å². The van der Waals surface area contributed by atoms with Crippen molar-refractivity contribution in [3.63, 3.8) is 0 Å². The first-order valence-corrected chi connectivity index (χ1v) is 11.2. The SMILES string of the molecule is C[C@H]1CN(Cc2ccn3ncc(N4CCC(=O)NC4=O)c3c2)CCN1CC1CCOC1. The van der Waals surface area contributed by atoms with Crippen LogP contribution in [0.2, 0.25) is 0 Å². The zero-order valence-electron chi connectivity index (χ0n) is 18.0. The molecule has 0 aliphatic carbocycles. The zero-order chi connectivity index (χ0) is 21.4. The Labute approximate surface area is 181 Å². The van der Waals surface area contributed by atoms with Crippen LogP contribution in [0.3, 0.4) is 0 Å². The van der Waals surface area contributed by atoms with Crippen molar-refractivity contribution in [2.24, 2.45) is 5.92 Å². The van der Waals surface area contributed by atoms with Gasteiger partial charge in [-0.25, -0.2) is 9.31 Å². The molecule has 5 rings (SSSR count). The second-order valence-corrected chi connectivity index (χ2v) is 8.96. The van der Waals surface area contributed by atoms with E-state index in [1.165, 1.54) is 12.0 Å². The van der Waals surface area contributed by atoms with Gasteiger partial charge >= 0.3 is 6.03 Å². The van der Waals surface area contributed by atoms with Gasteiger partial charge in [-0.05, 0) is 37.0 Å². The van der Waals surface area contributed by atoms with E-state index in [0.29, 0.717) is 24.9 Å². The summed E-state index contributed by atoms with van der Waals surface area (Å²) < 4.78 is 7.32. The minimum atomic E-state index is -0.380. The van der Waals surface area contributed by atoms with Crippen LogP contribution >= 0.6 is 0 Å². The number of fused-ring (bicyclic) bond motifs is 1. The molecule has 9 heteroatoms. The summed E-state index contributed by atoms with van der Waals surface area (Å²) in [6, 6.07) is 4.35. The number of carbonyl (C=O) groups excluding carboxylic acids is 2. The quantitative estimate of drug-likeness (QED) is 0.777. The smallest absolute Gasteiger partial charge is 0.328 e. The molecule has 0 spiro atoms. The summed E-state index contributed by atoms with van der Waals surface area (Å²) in [5.74, 6) is 0.450. The first-order chi connectivity index (χ1) is 15.1. The lowest BCUT2D eigenvalue weighted by Gasteiger charge is -2.40. The van der Waals surface area contributed by atoms with E-state index in [0.717, 1.165) is 57.1 Å². The molecule has 3 aliphatic heterocycles. The highest BCUT2D eigenvalue weighted by molar-refractivity contribution is 6.07. The molecule has 3 saturated heterocycles. The lowest BCUT2D eigenvalue weighted by molar-refractivity contribution is -0.120. The minimum Gasteiger partial charge on any atom is -0.381 e. The molecule has 9 nitrogen and oxygen atoms in total. The minimum absolute atomic E-state index is 0.230. The number of piperazine rings is 1. The molecular weight excluding hydrogens is 396 g/mol. The number of aromatic nitrogens is 2. The maximum absolute atomic E-state index is 12.3. The number of rotatable bonds is 5. The van der Waals surface area contributed by atoms with Crippen molar-refractivity contribution in [2.45, 2.75) is 32.4 Å². The molecule has 31 heavy (non-hydrogen) atoms. The summed E-state index contributed by atoms with van der Waals surface area (Å²) in [5, 5.41) is 6.77. The molecule has 5 heterocycles. The monoisotopic (exact) mass is 426 g/mol. The Morgan fingerprint density at radius 2 is 2.16 bits per heavy atom. The first kappa shape index (κ1) is 20.4. The average molecular weight is 427 g/mol. The molecule has 0 radical (unpaired) electrons.